The summed E-state index contributed by atoms with van der Waals surface area (Å²) in [6.45, 7) is 0.826. The first-order valence-electron chi connectivity index (χ1n) is 5.60. The molecule has 0 saturated heterocycles. The van der Waals surface area contributed by atoms with E-state index < -0.39 is 10.0 Å². The van der Waals surface area contributed by atoms with Crippen LogP contribution in [0.25, 0.3) is 0 Å². The van der Waals surface area contributed by atoms with Crippen molar-refractivity contribution in [2.45, 2.75) is 11.3 Å². The summed E-state index contributed by atoms with van der Waals surface area (Å²) >= 11 is 11.5. The molecular formula is C11H15Cl2NO4S. The van der Waals surface area contributed by atoms with Gasteiger partial charge in [0.2, 0.25) is 10.0 Å². The fraction of sp³-hybridized carbons (Fsp3) is 0.455. The van der Waals surface area contributed by atoms with Crippen LogP contribution in [0.3, 0.4) is 0 Å². The highest BCUT2D eigenvalue weighted by Gasteiger charge is 2.14. The second kappa shape index (κ2) is 8.04. The van der Waals surface area contributed by atoms with Crippen LogP contribution >= 0.6 is 23.2 Å². The van der Waals surface area contributed by atoms with Crippen molar-refractivity contribution in [3.63, 3.8) is 0 Å². The first kappa shape index (κ1) is 16.7. The van der Waals surface area contributed by atoms with E-state index >= 15 is 0 Å². The third-order valence-electron chi connectivity index (χ3n) is 2.19. The third kappa shape index (κ3) is 5.64. The lowest BCUT2D eigenvalue weighted by Crippen LogP contribution is -2.25. The van der Waals surface area contributed by atoms with E-state index in [1.807, 2.05) is 0 Å². The van der Waals surface area contributed by atoms with Gasteiger partial charge in [-0.3, -0.25) is 0 Å². The van der Waals surface area contributed by atoms with Gasteiger partial charge in [-0.25, -0.2) is 13.1 Å². The van der Waals surface area contributed by atoms with Gasteiger partial charge < -0.3 is 9.84 Å². The van der Waals surface area contributed by atoms with Gasteiger partial charge >= 0.3 is 0 Å². The molecule has 0 aliphatic rings. The summed E-state index contributed by atoms with van der Waals surface area (Å²) in [6, 6.07) is 4.12. The number of aliphatic hydroxyl groups excluding tert-OH is 1. The second-order valence-corrected chi connectivity index (χ2v) is 6.24. The first-order valence-corrected chi connectivity index (χ1v) is 7.84. The number of sulfonamides is 1. The van der Waals surface area contributed by atoms with E-state index in [1.165, 1.54) is 18.2 Å². The molecular weight excluding hydrogens is 313 g/mol. The Morgan fingerprint density at radius 3 is 2.58 bits per heavy atom. The Kier molecular flexibility index (Phi) is 7.06. The second-order valence-electron chi connectivity index (χ2n) is 3.66. The Morgan fingerprint density at radius 1 is 1.21 bits per heavy atom. The van der Waals surface area contributed by atoms with E-state index in [1.54, 1.807) is 0 Å². The lowest BCUT2D eigenvalue weighted by Gasteiger charge is -2.07. The van der Waals surface area contributed by atoms with Gasteiger partial charge in [0.1, 0.15) is 0 Å². The predicted octanol–water partition coefficient (Wildman–Crippen LogP) is 1.67. The van der Waals surface area contributed by atoms with Gasteiger partial charge in [0.05, 0.1) is 28.2 Å². The quantitative estimate of drug-likeness (QED) is 0.712. The summed E-state index contributed by atoms with van der Waals surface area (Å²) < 4.78 is 31.2. The van der Waals surface area contributed by atoms with Crippen LogP contribution in [-0.4, -0.2) is 39.9 Å². The topological polar surface area (TPSA) is 75.6 Å². The number of nitrogens with one attached hydrogen (secondary N) is 1. The van der Waals surface area contributed by atoms with E-state index in [0.717, 1.165) is 0 Å². The van der Waals surface area contributed by atoms with Crippen LogP contribution < -0.4 is 4.72 Å². The molecule has 0 radical (unpaired) electrons. The molecule has 0 heterocycles. The Bertz CT molecular complexity index is 507. The van der Waals surface area contributed by atoms with E-state index in [-0.39, 0.29) is 29.7 Å². The van der Waals surface area contributed by atoms with Crippen molar-refractivity contribution in [1.29, 1.82) is 0 Å². The van der Waals surface area contributed by atoms with Crippen molar-refractivity contribution in [3.8, 4) is 0 Å². The van der Waals surface area contributed by atoms with Crippen molar-refractivity contribution >= 4 is 33.2 Å². The van der Waals surface area contributed by atoms with E-state index in [9.17, 15) is 8.42 Å². The van der Waals surface area contributed by atoms with Gasteiger partial charge in [-0.2, -0.15) is 0 Å². The molecule has 0 aromatic heterocycles. The minimum atomic E-state index is -3.59. The molecule has 8 heteroatoms. The summed E-state index contributed by atoms with van der Waals surface area (Å²) in [4.78, 5) is 0.0678. The highest BCUT2D eigenvalue weighted by Crippen LogP contribution is 2.24. The monoisotopic (exact) mass is 327 g/mol. The lowest BCUT2D eigenvalue weighted by atomic mass is 10.4. The number of ether oxygens (including phenoxy) is 1. The molecule has 108 valence electrons. The molecule has 2 N–H and O–H groups in total. The van der Waals surface area contributed by atoms with Crippen molar-refractivity contribution in [1.82, 2.24) is 4.72 Å². The van der Waals surface area contributed by atoms with E-state index in [4.69, 9.17) is 33.0 Å². The molecule has 0 atom stereocenters. The average molecular weight is 328 g/mol. The number of aliphatic hydroxyl groups is 1. The average Bonchev–Trinajstić information content (AvgIpc) is 2.36. The van der Waals surface area contributed by atoms with Crippen molar-refractivity contribution < 1.29 is 18.3 Å². The Hall–Kier alpha value is -0.370. The highest BCUT2D eigenvalue weighted by atomic mass is 35.5. The number of rotatable bonds is 8. The SMILES string of the molecule is O=S(=O)(NCCCOCCO)c1ccc(Cl)c(Cl)c1. The maximum Gasteiger partial charge on any atom is 0.240 e. The Morgan fingerprint density at radius 2 is 1.95 bits per heavy atom. The maximum absolute atomic E-state index is 11.9. The van der Waals surface area contributed by atoms with Gasteiger partial charge in [0.25, 0.3) is 0 Å². The zero-order valence-corrected chi connectivity index (χ0v) is 12.4. The molecule has 1 aromatic carbocycles. The summed E-state index contributed by atoms with van der Waals surface area (Å²) in [7, 11) is -3.59. The fourth-order valence-corrected chi connectivity index (χ4v) is 2.74. The van der Waals surface area contributed by atoms with Gasteiger partial charge in [0, 0.05) is 13.2 Å². The highest BCUT2D eigenvalue weighted by molar-refractivity contribution is 7.89. The standard InChI is InChI=1S/C11H15Cl2NO4S/c12-10-3-2-9(8-11(10)13)19(16,17)14-4-1-6-18-7-5-15/h2-3,8,14-15H,1,4-7H2. The lowest BCUT2D eigenvalue weighted by molar-refractivity contribution is 0.0913. The number of hydrogen-bond donors (Lipinski definition) is 2. The van der Waals surface area contributed by atoms with Crippen LogP contribution in [-0.2, 0) is 14.8 Å². The normalized spacial score (nSPS) is 11.7. The molecule has 0 saturated carbocycles. The third-order valence-corrected chi connectivity index (χ3v) is 4.39. The zero-order valence-electron chi connectivity index (χ0n) is 10.1. The molecule has 0 spiro atoms. The molecule has 0 bridgehead atoms. The molecule has 0 aliphatic carbocycles. The maximum atomic E-state index is 11.9. The molecule has 0 amide bonds. The number of halogens is 2. The van der Waals surface area contributed by atoms with Crippen LogP contribution in [0.1, 0.15) is 6.42 Å². The van der Waals surface area contributed by atoms with Crippen molar-refractivity contribution in [2.24, 2.45) is 0 Å². The minimum Gasteiger partial charge on any atom is -0.394 e. The fourth-order valence-electron chi connectivity index (χ4n) is 1.27. The summed E-state index contributed by atoms with van der Waals surface area (Å²) in [5, 5.41) is 8.98. The molecule has 1 rings (SSSR count). The molecule has 0 aliphatic heterocycles. The smallest absolute Gasteiger partial charge is 0.240 e. The van der Waals surface area contributed by atoms with Gasteiger partial charge in [0.15, 0.2) is 0 Å². The minimum absolute atomic E-state index is 0.0466. The molecule has 1 aromatic rings. The van der Waals surface area contributed by atoms with E-state index in [0.29, 0.717) is 18.1 Å². The summed E-state index contributed by atoms with van der Waals surface area (Å²) in [5.41, 5.74) is 0. The van der Waals surface area contributed by atoms with Crippen LogP contribution in [0.4, 0.5) is 0 Å². The van der Waals surface area contributed by atoms with Gasteiger partial charge in [-0.15, -0.1) is 0 Å². The van der Waals surface area contributed by atoms with Crippen LogP contribution in [0.2, 0.25) is 10.0 Å². The summed E-state index contributed by atoms with van der Waals surface area (Å²) in [5.74, 6) is 0. The largest absolute Gasteiger partial charge is 0.394 e. The van der Waals surface area contributed by atoms with Gasteiger partial charge in [-0.1, -0.05) is 23.2 Å². The predicted molar refractivity (Wildman–Crippen MR) is 74.2 cm³/mol. The van der Waals surface area contributed by atoms with Crippen molar-refractivity contribution in [2.75, 3.05) is 26.4 Å². The molecule has 0 unspecified atom stereocenters. The van der Waals surface area contributed by atoms with E-state index in [2.05, 4.69) is 4.72 Å². The Labute approximate surface area is 122 Å². The molecule has 19 heavy (non-hydrogen) atoms. The van der Waals surface area contributed by atoms with Crippen LogP contribution in [0.5, 0.6) is 0 Å². The zero-order chi connectivity index (χ0) is 14.3. The molecule has 0 fully saturated rings. The van der Waals surface area contributed by atoms with Crippen LogP contribution in [0, 0.1) is 0 Å². The summed E-state index contributed by atoms with van der Waals surface area (Å²) in [6.07, 6.45) is 0.514. The number of hydrogen-bond acceptors (Lipinski definition) is 4. The van der Waals surface area contributed by atoms with Crippen LogP contribution in [0.15, 0.2) is 23.1 Å². The van der Waals surface area contributed by atoms with Gasteiger partial charge in [-0.05, 0) is 24.6 Å². The number of benzene rings is 1. The first-order chi connectivity index (χ1) is 8.97. The molecule has 5 nitrogen and oxygen atoms in total. The Balaban J connectivity index is 2.49. The van der Waals surface area contributed by atoms with Crippen molar-refractivity contribution in [3.05, 3.63) is 28.2 Å².